The molecule has 0 aliphatic heterocycles. The van der Waals surface area contributed by atoms with Crippen molar-refractivity contribution in [1.29, 1.82) is 5.26 Å². The van der Waals surface area contributed by atoms with E-state index < -0.39 is 0 Å². The van der Waals surface area contributed by atoms with Crippen molar-refractivity contribution in [2.75, 3.05) is 6.26 Å². The highest BCUT2D eigenvalue weighted by atomic mass is 32.2. The molecule has 0 bridgehead atoms. The minimum atomic E-state index is 0.660. The van der Waals surface area contributed by atoms with Gasteiger partial charge in [-0.25, -0.2) is 4.68 Å². The largest absolute Gasteiger partial charge is 0.239 e. The van der Waals surface area contributed by atoms with Gasteiger partial charge in [0.15, 0.2) is 0 Å². The van der Waals surface area contributed by atoms with E-state index >= 15 is 0 Å². The van der Waals surface area contributed by atoms with Crippen LogP contribution in [0.3, 0.4) is 0 Å². The molecule has 0 unspecified atom stereocenters. The number of hydrogen-bond donors (Lipinski definition) is 0. The van der Waals surface area contributed by atoms with Gasteiger partial charge in [-0.1, -0.05) is 36.4 Å². The number of thioether (sulfide) groups is 1. The Kier molecular flexibility index (Phi) is 3.76. The van der Waals surface area contributed by atoms with Crippen molar-refractivity contribution in [1.82, 2.24) is 9.78 Å². The molecule has 4 heteroatoms. The van der Waals surface area contributed by atoms with Gasteiger partial charge >= 0.3 is 0 Å². The fourth-order valence-electron chi connectivity index (χ4n) is 2.23. The summed E-state index contributed by atoms with van der Waals surface area (Å²) in [4.78, 5) is 0.965. The molecule has 0 spiro atoms. The Balaban J connectivity index is 2.07. The highest BCUT2D eigenvalue weighted by molar-refractivity contribution is 7.98. The normalized spacial score (nSPS) is 10.3. The van der Waals surface area contributed by atoms with Crippen molar-refractivity contribution in [3.05, 3.63) is 66.5 Å². The smallest absolute Gasteiger partial charge is 0.103 e. The highest BCUT2D eigenvalue weighted by Gasteiger charge is 2.10. The van der Waals surface area contributed by atoms with Crippen LogP contribution in [-0.4, -0.2) is 16.0 Å². The van der Waals surface area contributed by atoms with E-state index in [1.807, 2.05) is 67.2 Å². The molecule has 102 valence electrons. The van der Waals surface area contributed by atoms with E-state index in [9.17, 15) is 5.26 Å². The lowest BCUT2D eigenvalue weighted by atomic mass is 10.1. The van der Waals surface area contributed by atoms with E-state index in [1.165, 1.54) is 0 Å². The Morgan fingerprint density at radius 1 is 1.05 bits per heavy atom. The molecule has 0 N–H and O–H groups in total. The van der Waals surface area contributed by atoms with Gasteiger partial charge in [-0.15, -0.1) is 11.8 Å². The third kappa shape index (κ3) is 2.56. The number of nitriles is 1. The molecule has 0 aliphatic rings. The second-order valence-corrected chi connectivity index (χ2v) is 5.35. The lowest BCUT2D eigenvalue weighted by Crippen LogP contribution is -1.98. The Morgan fingerprint density at radius 3 is 2.57 bits per heavy atom. The van der Waals surface area contributed by atoms with Crippen LogP contribution in [0, 0.1) is 11.3 Å². The van der Waals surface area contributed by atoms with Crippen LogP contribution >= 0.6 is 11.8 Å². The van der Waals surface area contributed by atoms with Crippen LogP contribution in [0.4, 0.5) is 0 Å². The van der Waals surface area contributed by atoms with E-state index in [4.69, 9.17) is 0 Å². The fraction of sp³-hybridized carbons (Fsp3) is 0.0588. The number of rotatable bonds is 3. The summed E-state index contributed by atoms with van der Waals surface area (Å²) in [5, 5.41) is 13.8. The first-order valence-corrected chi connectivity index (χ1v) is 7.73. The van der Waals surface area contributed by atoms with Crippen LogP contribution in [0.15, 0.2) is 65.8 Å². The number of nitrogens with zero attached hydrogens (tertiary/aromatic N) is 3. The molecule has 1 aromatic heterocycles. The molecule has 0 saturated heterocycles. The highest BCUT2D eigenvalue weighted by Crippen LogP contribution is 2.26. The van der Waals surface area contributed by atoms with Gasteiger partial charge in [0.05, 0.1) is 17.4 Å². The van der Waals surface area contributed by atoms with Crippen molar-refractivity contribution in [3.8, 4) is 22.9 Å². The van der Waals surface area contributed by atoms with Crippen LogP contribution in [0.2, 0.25) is 0 Å². The van der Waals surface area contributed by atoms with E-state index in [1.54, 1.807) is 16.4 Å². The Bertz CT molecular complexity index is 800. The Labute approximate surface area is 127 Å². The third-order valence-corrected chi connectivity index (χ3v) is 4.05. The minimum absolute atomic E-state index is 0.660. The number of aromatic nitrogens is 2. The van der Waals surface area contributed by atoms with Crippen LogP contribution in [0.5, 0.6) is 0 Å². The van der Waals surface area contributed by atoms with Crippen LogP contribution < -0.4 is 0 Å². The zero-order chi connectivity index (χ0) is 14.7. The summed E-state index contributed by atoms with van der Waals surface area (Å²) >= 11 is 1.57. The Morgan fingerprint density at radius 2 is 1.86 bits per heavy atom. The van der Waals surface area contributed by atoms with Crippen LogP contribution in [0.25, 0.3) is 16.8 Å². The number of benzene rings is 2. The second-order valence-electron chi connectivity index (χ2n) is 4.51. The van der Waals surface area contributed by atoms with Gasteiger partial charge in [-0.2, -0.15) is 10.4 Å². The molecular formula is C17H13N3S. The molecule has 0 aliphatic carbocycles. The molecule has 21 heavy (non-hydrogen) atoms. The lowest BCUT2D eigenvalue weighted by molar-refractivity contribution is 0.873. The van der Waals surface area contributed by atoms with E-state index in [2.05, 4.69) is 11.2 Å². The molecule has 3 rings (SSSR count). The van der Waals surface area contributed by atoms with Crippen molar-refractivity contribution >= 4 is 11.8 Å². The van der Waals surface area contributed by atoms with Crippen LogP contribution in [-0.2, 0) is 0 Å². The maximum Gasteiger partial charge on any atom is 0.103 e. The topological polar surface area (TPSA) is 41.6 Å². The summed E-state index contributed by atoms with van der Waals surface area (Å²) in [6.45, 7) is 0. The van der Waals surface area contributed by atoms with Gasteiger partial charge in [0.25, 0.3) is 0 Å². The summed E-state index contributed by atoms with van der Waals surface area (Å²) in [6.07, 6.45) is 5.75. The van der Waals surface area contributed by atoms with Crippen LogP contribution in [0.1, 0.15) is 5.56 Å². The SMILES string of the molecule is CSc1cccc(-n2cc(-c3ccccc3)cn2)c1C#N. The molecule has 0 radical (unpaired) electrons. The average Bonchev–Trinajstić information content (AvgIpc) is 3.04. The maximum absolute atomic E-state index is 9.41. The zero-order valence-electron chi connectivity index (χ0n) is 11.5. The third-order valence-electron chi connectivity index (χ3n) is 3.27. The summed E-state index contributed by atoms with van der Waals surface area (Å²) in [5.74, 6) is 0. The molecule has 0 atom stereocenters. The molecule has 2 aromatic carbocycles. The summed E-state index contributed by atoms with van der Waals surface area (Å²) in [6, 6.07) is 18.2. The van der Waals surface area contributed by atoms with Gasteiger partial charge in [-0.3, -0.25) is 0 Å². The summed E-state index contributed by atoms with van der Waals surface area (Å²) < 4.78 is 1.76. The van der Waals surface area contributed by atoms with Gasteiger partial charge in [0.1, 0.15) is 6.07 Å². The monoisotopic (exact) mass is 291 g/mol. The molecule has 0 amide bonds. The molecule has 0 fully saturated rings. The summed E-state index contributed by atoms with van der Waals surface area (Å²) in [7, 11) is 0. The first-order chi connectivity index (χ1) is 10.3. The van der Waals surface area contributed by atoms with Crippen molar-refractivity contribution in [2.45, 2.75) is 4.90 Å². The molecule has 3 aromatic rings. The first kappa shape index (κ1) is 13.5. The summed E-state index contributed by atoms with van der Waals surface area (Å²) in [5.41, 5.74) is 3.62. The predicted molar refractivity (Wildman–Crippen MR) is 85.5 cm³/mol. The molecule has 3 nitrogen and oxygen atoms in total. The first-order valence-electron chi connectivity index (χ1n) is 6.51. The Hall–Kier alpha value is -2.51. The quantitative estimate of drug-likeness (QED) is 0.681. The minimum Gasteiger partial charge on any atom is -0.239 e. The molecular weight excluding hydrogens is 278 g/mol. The van der Waals surface area contributed by atoms with Gasteiger partial charge < -0.3 is 0 Å². The van der Waals surface area contributed by atoms with Crippen molar-refractivity contribution in [2.24, 2.45) is 0 Å². The number of hydrogen-bond acceptors (Lipinski definition) is 3. The zero-order valence-corrected chi connectivity index (χ0v) is 12.3. The van der Waals surface area contributed by atoms with Gasteiger partial charge in [0, 0.05) is 16.7 Å². The fourth-order valence-corrected chi connectivity index (χ4v) is 2.80. The predicted octanol–water partition coefficient (Wildman–Crippen LogP) is 4.13. The average molecular weight is 291 g/mol. The second kappa shape index (κ2) is 5.86. The lowest BCUT2D eigenvalue weighted by Gasteiger charge is -2.07. The van der Waals surface area contributed by atoms with Gasteiger partial charge in [0.2, 0.25) is 0 Å². The maximum atomic E-state index is 9.41. The van der Waals surface area contributed by atoms with E-state index in [0.717, 1.165) is 21.7 Å². The molecule has 0 saturated carbocycles. The van der Waals surface area contributed by atoms with E-state index in [-0.39, 0.29) is 0 Å². The van der Waals surface area contributed by atoms with Crippen molar-refractivity contribution in [3.63, 3.8) is 0 Å². The standard InChI is InChI=1S/C17H13N3S/c1-21-17-9-5-8-16(15(17)10-18)20-12-14(11-19-20)13-6-3-2-4-7-13/h2-9,11-12H,1H3. The van der Waals surface area contributed by atoms with Gasteiger partial charge in [-0.05, 0) is 24.0 Å². The van der Waals surface area contributed by atoms with E-state index in [0.29, 0.717) is 5.56 Å². The molecule has 1 heterocycles. The van der Waals surface area contributed by atoms with Crippen molar-refractivity contribution < 1.29 is 0 Å².